The number of nitro benzene ring substituents is 1. The van der Waals surface area contributed by atoms with Crippen LogP contribution in [0, 0.1) is 27.7 Å². The van der Waals surface area contributed by atoms with Crippen molar-refractivity contribution in [2.45, 2.75) is 19.3 Å². The van der Waals surface area contributed by atoms with Crippen LogP contribution >= 0.6 is 0 Å². The summed E-state index contributed by atoms with van der Waals surface area (Å²) in [4.78, 5) is 21.0. The summed E-state index contributed by atoms with van der Waals surface area (Å²) in [6.45, 7) is 0.414. The van der Waals surface area contributed by atoms with Gasteiger partial charge in [-0.15, -0.1) is 0 Å². The number of nitrogens with zero attached hydrogens (tertiary/aromatic N) is 1. The van der Waals surface area contributed by atoms with Crippen LogP contribution in [-0.4, -0.2) is 17.4 Å². The summed E-state index contributed by atoms with van der Waals surface area (Å²) in [5.74, 6) is -2.69. The summed E-state index contributed by atoms with van der Waals surface area (Å²) >= 11 is 0. The lowest BCUT2D eigenvalue weighted by Gasteiger charge is -2.25. The van der Waals surface area contributed by atoms with Crippen molar-refractivity contribution in [3.8, 4) is 0 Å². The van der Waals surface area contributed by atoms with Crippen molar-refractivity contribution in [2.75, 3.05) is 6.54 Å². The number of carbonyl (C=O) groups is 1. The molecule has 1 aromatic carbocycles. The lowest BCUT2D eigenvalue weighted by atomic mass is 9.85. The molecule has 0 aliphatic heterocycles. The van der Waals surface area contributed by atoms with Crippen LogP contribution in [0.3, 0.4) is 0 Å². The van der Waals surface area contributed by atoms with Gasteiger partial charge in [0.15, 0.2) is 0 Å². The van der Waals surface area contributed by atoms with E-state index in [2.05, 4.69) is 5.32 Å². The van der Waals surface area contributed by atoms with E-state index in [-0.39, 0.29) is 0 Å². The minimum absolute atomic E-state index is 0.384. The topological polar surface area (TPSA) is 72.2 Å². The first-order valence-corrected chi connectivity index (χ1v) is 5.90. The van der Waals surface area contributed by atoms with E-state index in [1.165, 1.54) is 0 Å². The predicted octanol–water partition coefficient (Wildman–Crippen LogP) is 2.40. The van der Waals surface area contributed by atoms with Gasteiger partial charge in [-0.2, -0.15) is 4.39 Å². The van der Waals surface area contributed by atoms with Crippen LogP contribution in [0.25, 0.3) is 0 Å². The molecule has 1 aliphatic rings. The van der Waals surface area contributed by atoms with Crippen molar-refractivity contribution in [1.29, 1.82) is 0 Å². The molecular formula is C12H12F2N2O3. The second-order valence-corrected chi connectivity index (χ2v) is 4.55. The Morgan fingerprint density at radius 3 is 2.58 bits per heavy atom. The van der Waals surface area contributed by atoms with Crippen LogP contribution in [-0.2, 0) is 0 Å². The molecule has 0 spiro atoms. The van der Waals surface area contributed by atoms with Gasteiger partial charge in [0, 0.05) is 6.54 Å². The monoisotopic (exact) mass is 270 g/mol. The number of rotatable bonds is 4. The maximum Gasteiger partial charge on any atom is 0.307 e. The Morgan fingerprint density at radius 1 is 1.37 bits per heavy atom. The summed E-state index contributed by atoms with van der Waals surface area (Å²) in [7, 11) is 0. The smallest absolute Gasteiger partial charge is 0.307 e. The first-order valence-electron chi connectivity index (χ1n) is 5.90. The van der Waals surface area contributed by atoms with Gasteiger partial charge in [0.2, 0.25) is 5.82 Å². The molecule has 102 valence electrons. The van der Waals surface area contributed by atoms with Gasteiger partial charge in [0.05, 0.1) is 16.6 Å². The number of nitrogens with one attached hydrogen (secondary N) is 1. The fourth-order valence-corrected chi connectivity index (χ4v) is 1.88. The first-order chi connectivity index (χ1) is 8.99. The van der Waals surface area contributed by atoms with Gasteiger partial charge in [-0.1, -0.05) is 6.42 Å². The molecule has 0 atom stereocenters. The van der Waals surface area contributed by atoms with Crippen molar-refractivity contribution in [3.63, 3.8) is 0 Å². The molecule has 1 aliphatic carbocycles. The molecule has 0 unspecified atom stereocenters. The van der Waals surface area contributed by atoms with Crippen molar-refractivity contribution < 1.29 is 18.5 Å². The quantitative estimate of drug-likeness (QED) is 0.674. The normalized spacial score (nSPS) is 14.8. The van der Waals surface area contributed by atoms with E-state index in [9.17, 15) is 23.7 Å². The number of amides is 1. The molecular weight excluding hydrogens is 258 g/mol. The highest BCUT2D eigenvalue weighted by atomic mass is 19.1. The Labute approximate surface area is 107 Å². The molecule has 0 radical (unpaired) electrons. The van der Waals surface area contributed by atoms with Crippen LogP contribution in [0.4, 0.5) is 14.5 Å². The molecule has 0 saturated heterocycles. The minimum atomic E-state index is -1.22. The third-order valence-corrected chi connectivity index (χ3v) is 3.25. The van der Waals surface area contributed by atoms with Gasteiger partial charge in [-0.05, 0) is 24.8 Å². The lowest BCUT2D eigenvalue weighted by Crippen LogP contribution is -2.32. The van der Waals surface area contributed by atoms with Crippen LogP contribution < -0.4 is 5.32 Å². The van der Waals surface area contributed by atoms with Gasteiger partial charge in [0.25, 0.3) is 5.91 Å². The number of benzene rings is 1. The third-order valence-electron chi connectivity index (χ3n) is 3.25. The second-order valence-electron chi connectivity index (χ2n) is 4.55. The van der Waals surface area contributed by atoms with Gasteiger partial charge in [-0.3, -0.25) is 14.9 Å². The summed E-state index contributed by atoms with van der Waals surface area (Å²) in [5, 5.41) is 12.9. The number of nitro groups is 1. The summed E-state index contributed by atoms with van der Waals surface area (Å²) in [6.07, 6.45) is 3.13. The van der Waals surface area contributed by atoms with Crippen LogP contribution in [0.5, 0.6) is 0 Å². The molecule has 1 N–H and O–H groups in total. The van der Waals surface area contributed by atoms with E-state index in [1.54, 1.807) is 0 Å². The Kier molecular flexibility index (Phi) is 3.73. The zero-order valence-corrected chi connectivity index (χ0v) is 9.99. The SMILES string of the molecule is O=C(NCC1CCC1)c1cc(F)c([N+](=O)[O-])cc1F. The molecule has 1 fully saturated rings. The van der Waals surface area contributed by atoms with E-state index >= 15 is 0 Å². The standard InChI is InChI=1S/C12H12F2N2O3/c13-9-5-11(16(18)19)10(14)4-8(9)12(17)15-6-7-2-1-3-7/h4-5,7H,1-3,6H2,(H,15,17). The Bertz CT molecular complexity index is 530. The number of carbonyl (C=O) groups excluding carboxylic acids is 1. The van der Waals surface area contributed by atoms with Gasteiger partial charge >= 0.3 is 5.69 Å². The number of hydrogen-bond acceptors (Lipinski definition) is 3. The molecule has 19 heavy (non-hydrogen) atoms. The average molecular weight is 270 g/mol. The number of hydrogen-bond donors (Lipinski definition) is 1. The molecule has 5 nitrogen and oxygen atoms in total. The van der Waals surface area contributed by atoms with Crippen LogP contribution in [0.15, 0.2) is 12.1 Å². The predicted molar refractivity (Wildman–Crippen MR) is 62.7 cm³/mol. The van der Waals surface area contributed by atoms with E-state index in [1.807, 2.05) is 0 Å². The van der Waals surface area contributed by atoms with Crippen molar-refractivity contribution in [2.24, 2.45) is 5.92 Å². The largest absolute Gasteiger partial charge is 0.352 e. The molecule has 7 heteroatoms. The maximum atomic E-state index is 13.5. The van der Waals surface area contributed by atoms with E-state index in [4.69, 9.17) is 0 Å². The molecule has 2 rings (SSSR count). The second kappa shape index (κ2) is 5.29. The Hall–Kier alpha value is -2.05. The molecule has 1 saturated carbocycles. The summed E-state index contributed by atoms with van der Waals surface area (Å²) in [5.41, 5.74) is -1.49. The summed E-state index contributed by atoms with van der Waals surface area (Å²) in [6, 6.07) is 0.983. The zero-order chi connectivity index (χ0) is 14.0. The lowest BCUT2D eigenvalue weighted by molar-refractivity contribution is -0.387. The summed E-state index contributed by atoms with van der Waals surface area (Å²) < 4.78 is 26.9. The highest BCUT2D eigenvalue weighted by Crippen LogP contribution is 2.25. The zero-order valence-electron chi connectivity index (χ0n) is 9.99. The van der Waals surface area contributed by atoms with E-state index < -0.39 is 33.7 Å². The number of halogens is 2. The van der Waals surface area contributed by atoms with E-state index in [0.29, 0.717) is 24.6 Å². The Morgan fingerprint density at radius 2 is 2.05 bits per heavy atom. The molecule has 1 amide bonds. The van der Waals surface area contributed by atoms with Crippen molar-refractivity contribution in [3.05, 3.63) is 39.4 Å². The van der Waals surface area contributed by atoms with Crippen LogP contribution in [0.1, 0.15) is 29.6 Å². The fourth-order valence-electron chi connectivity index (χ4n) is 1.88. The van der Waals surface area contributed by atoms with Gasteiger partial charge < -0.3 is 5.32 Å². The molecule has 0 bridgehead atoms. The maximum absolute atomic E-state index is 13.5. The van der Waals surface area contributed by atoms with Crippen molar-refractivity contribution in [1.82, 2.24) is 5.32 Å². The average Bonchev–Trinajstić information content (AvgIpc) is 2.29. The fraction of sp³-hybridized carbons (Fsp3) is 0.417. The minimum Gasteiger partial charge on any atom is -0.352 e. The molecule has 0 heterocycles. The first kappa shape index (κ1) is 13.4. The van der Waals surface area contributed by atoms with Crippen LogP contribution in [0.2, 0.25) is 0 Å². The molecule has 0 aromatic heterocycles. The molecule has 1 aromatic rings. The Balaban J connectivity index is 2.12. The third kappa shape index (κ3) is 2.86. The van der Waals surface area contributed by atoms with E-state index in [0.717, 1.165) is 19.3 Å². The van der Waals surface area contributed by atoms with Crippen molar-refractivity contribution >= 4 is 11.6 Å². The van der Waals surface area contributed by atoms with Gasteiger partial charge in [0.1, 0.15) is 5.82 Å². The highest BCUT2D eigenvalue weighted by molar-refractivity contribution is 5.94. The highest BCUT2D eigenvalue weighted by Gasteiger charge is 2.23. The van der Waals surface area contributed by atoms with Gasteiger partial charge in [-0.25, -0.2) is 4.39 Å².